The minimum absolute atomic E-state index is 0.120. The number of hydrogen-bond acceptors (Lipinski definition) is 5. The van der Waals surface area contributed by atoms with Crippen LogP contribution in [0.1, 0.15) is 29.8 Å². The SMILES string of the molecule is O=C(CCCc1nc2ccccc2s1)OCCCc1ccncc1. The zero-order valence-corrected chi connectivity index (χ0v) is 14.3. The summed E-state index contributed by atoms with van der Waals surface area (Å²) < 4.78 is 6.49. The van der Waals surface area contributed by atoms with Gasteiger partial charge in [0.25, 0.3) is 0 Å². The summed E-state index contributed by atoms with van der Waals surface area (Å²) in [6.45, 7) is 0.474. The third-order valence-electron chi connectivity index (χ3n) is 3.73. The maximum Gasteiger partial charge on any atom is 0.305 e. The van der Waals surface area contributed by atoms with Gasteiger partial charge in [0.05, 0.1) is 21.8 Å². The fourth-order valence-electron chi connectivity index (χ4n) is 2.49. The third kappa shape index (κ3) is 4.86. The molecule has 24 heavy (non-hydrogen) atoms. The van der Waals surface area contributed by atoms with Crippen molar-refractivity contribution < 1.29 is 9.53 Å². The van der Waals surface area contributed by atoms with E-state index in [0.717, 1.165) is 36.2 Å². The molecule has 2 heterocycles. The van der Waals surface area contributed by atoms with Crippen molar-refractivity contribution in [3.63, 3.8) is 0 Å². The molecule has 124 valence electrons. The second kappa shape index (κ2) is 8.55. The molecule has 3 aromatic rings. The maximum absolute atomic E-state index is 11.8. The molecule has 0 aliphatic rings. The zero-order valence-electron chi connectivity index (χ0n) is 13.5. The summed E-state index contributed by atoms with van der Waals surface area (Å²) in [5, 5.41) is 1.08. The maximum atomic E-state index is 11.8. The number of aryl methyl sites for hydroxylation is 2. The van der Waals surface area contributed by atoms with E-state index in [1.807, 2.05) is 30.3 Å². The lowest BCUT2D eigenvalue weighted by atomic mass is 10.1. The van der Waals surface area contributed by atoms with Gasteiger partial charge in [-0.15, -0.1) is 11.3 Å². The first-order valence-electron chi connectivity index (χ1n) is 8.20. The summed E-state index contributed by atoms with van der Waals surface area (Å²) in [5.74, 6) is -0.120. The van der Waals surface area contributed by atoms with E-state index in [1.165, 1.54) is 10.3 Å². The highest BCUT2D eigenvalue weighted by atomic mass is 32.1. The van der Waals surface area contributed by atoms with Gasteiger partial charge in [0.2, 0.25) is 0 Å². The zero-order chi connectivity index (χ0) is 16.6. The predicted molar refractivity (Wildman–Crippen MR) is 96.1 cm³/mol. The number of hydrogen-bond donors (Lipinski definition) is 0. The average Bonchev–Trinajstić information content (AvgIpc) is 3.02. The Kier molecular flexibility index (Phi) is 5.90. The van der Waals surface area contributed by atoms with Crippen LogP contribution in [0, 0.1) is 0 Å². The predicted octanol–water partition coefficient (Wildman–Crippen LogP) is 4.19. The Balaban J connectivity index is 1.32. The number of para-hydroxylation sites is 1. The Morgan fingerprint density at radius 1 is 1.04 bits per heavy atom. The molecule has 2 aromatic heterocycles. The van der Waals surface area contributed by atoms with Crippen molar-refractivity contribution in [2.24, 2.45) is 0 Å². The molecular weight excluding hydrogens is 320 g/mol. The van der Waals surface area contributed by atoms with Crippen LogP contribution in [0.2, 0.25) is 0 Å². The van der Waals surface area contributed by atoms with E-state index in [4.69, 9.17) is 4.74 Å². The van der Waals surface area contributed by atoms with E-state index in [1.54, 1.807) is 23.7 Å². The van der Waals surface area contributed by atoms with E-state index in [-0.39, 0.29) is 5.97 Å². The van der Waals surface area contributed by atoms with Crippen molar-refractivity contribution in [3.05, 3.63) is 59.4 Å². The summed E-state index contributed by atoms with van der Waals surface area (Å²) >= 11 is 1.70. The molecule has 4 nitrogen and oxygen atoms in total. The molecule has 0 saturated heterocycles. The van der Waals surface area contributed by atoms with Gasteiger partial charge in [-0.25, -0.2) is 4.98 Å². The largest absolute Gasteiger partial charge is 0.466 e. The third-order valence-corrected chi connectivity index (χ3v) is 4.83. The minimum atomic E-state index is -0.120. The molecule has 0 aliphatic heterocycles. The fourth-order valence-corrected chi connectivity index (χ4v) is 3.50. The topological polar surface area (TPSA) is 52.1 Å². The van der Waals surface area contributed by atoms with E-state index in [2.05, 4.69) is 16.0 Å². The summed E-state index contributed by atoms with van der Waals surface area (Å²) in [6.07, 6.45) is 7.36. The number of carbonyl (C=O) groups is 1. The highest BCUT2D eigenvalue weighted by Gasteiger charge is 2.06. The molecule has 5 heteroatoms. The van der Waals surface area contributed by atoms with Crippen LogP contribution in [0.25, 0.3) is 10.2 Å². The number of esters is 1. The standard InChI is InChI=1S/C19H20N2O2S/c22-19(23-14-4-5-15-10-12-20-13-11-15)9-3-8-18-21-16-6-1-2-7-17(16)24-18/h1-2,6-7,10-13H,3-5,8-9,14H2. The molecule has 0 bridgehead atoms. The number of benzene rings is 1. The number of pyridine rings is 1. The van der Waals surface area contributed by atoms with Crippen LogP contribution in [0.4, 0.5) is 0 Å². The Bertz CT molecular complexity index is 753. The average molecular weight is 340 g/mol. The van der Waals surface area contributed by atoms with Crippen molar-refractivity contribution in [3.8, 4) is 0 Å². The molecule has 0 amide bonds. The number of nitrogens with zero attached hydrogens (tertiary/aromatic N) is 2. The van der Waals surface area contributed by atoms with Gasteiger partial charge in [0.15, 0.2) is 0 Å². The molecular formula is C19H20N2O2S. The molecule has 0 atom stereocenters. The first-order valence-corrected chi connectivity index (χ1v) is 9.02. The summed E-state index contributed by atoms with van der Waals surface area (Å²) in [7, 11) is 0. The van der Waals surface area contributed by atoms with Gasteiger partial charge < -0.3 is 4.74 Å². The van der Waals surface area contributed by atoms with Crippen molar-refractivity contribution in [2.45, 2.75) is 32.1 Å². The van der Waals surface area contributed by atoms with E-state index < -0.39 is 0 Å². The van der Waals surface area contributed by atoms with Crippen LogP contribution in [0.3, 0.4) is 0 Å². The van der Waals surface area contributed by atoms with Crippen LogP contribution < -0.4 is 0 Å². The highest BCUT2D eigenvalue weighted by Crippen LogP contribution is 2.22. The molecule has 3 rings (SSSR count). The highest BCUT2D eigenvalue weighted by molar-refractivity contribution is 7.18. The molecule has 0 unspecified atom stereocenters. The van der Waals surface area contributed by atoms with Gasteiger partial charge in [0, 0.05) is 18.8 Å². The molecule has 0 saturated carbocycles. The normalized spacial score (nSPS) is 10.8. The number of ether oxygens (including phenoxy) is 1. The second-order valence-corrected chi connectivity index (χ2v) is 6.72. The summed E-state index contributed by atoms with van der Waals surface area (Å²) in [4.78, 5) is 20.3. The van der Waals surface area contributed by atoms with Crippen LogP contribution >= 0.6 is 11.3 Å². The summed E-state index contributed by atoms with van der Waals surface area (Å²) in [5.41, 5.74) is 2.26. The van der Waals surface area contributed by atoms with Crippen molar-refractivity contribution in [1.82, 2.24) is 9.97 Å². The van der Waals surface area contributed by atoms with E-state index in [0.29, 0.717) is 13.0 Å². The molecule has 0 fully saturated rings. The molecule has 0 N–H and O–H groups in total. The Morgan fingerprint density at radius 3 is 2.71 bits per heavy atom. The van der Waals surface area contributed by atoms with Crippen molar-refractivity contribution >= 4 is 27.5 Å². The lowest BCUT2D eigenvalue weighted by Gasteiger charge is -2.04. The van der Waals surface area contributed by atoms with Gasteiger partial charge in [-0.05, 0) is 55.5 Å². The first kappa shape index (κ1) is 16.6. The number of carbonyl (C=O) groups excluding carboxylic acids is 1. The van der Waals surface area contributed by atoms with Crippen LogP contribution in [-0.4, -0.2) is 22.5 Å². The van der Waals surface area contributed by atoms with Gasteiger partial charge in [-0.1, -0.05) is 12.1 Å². The lowest BCUT2D eigenvalue weighted by molar-refractivity contribution is -0.143. The Hall–Kier alpha value is -2.27. The van der Waals surface area contributed by atoms with Crippen LogP contribution in [0.5, 0.6) is 0 Å². The van der Waals surface area contributed by atoms with Crippen LogP contribution in [-0.2, 0) is 22.4 Å². The minimum Gasteiger partial charge on any atom is -0.466 e. The monoisotopic (exact) mass is 340 g/mol. The molecule has 0 radical (unpaired) electrons. The number of rotatable bonds is 8. The molecule has 1 aromatic carbocycles. The van der Waals surface area contributed by atoms with Gasteiger partial charge in [-0.3, -0.25) is 9.78 Å². The van der Waals surface area contributed by atoms with Gasteiger partial charge >= 0.3 is 5.97 Å². The molecule has 0 aliphatic carbocycles. The molecule has 0 spiro atoms. The number of fused-ring (bicyclic) bond motifs is 1. The smallest absolute Gasteiger partial charge is 0.305 e. The second-order valence-electron chi connectivity index (χ2n) is 5.61. The van der Waals surface area contributed by atoms with E-state index in [9.17, 15) is 4.79 Å². The number of aromatic nitrogens is 2. The lowest BCUT2D eigenvalue weighted by Crippen LogP contribution is -2.07. The Labute approximate surface area is 145 Å². The quantitative estimate of drug-likeness (QED) is 0.456. The number of thiazole rings is 1. The van der Waals surface area contributed by atoms with Gasteiger partial charge in [-0.2, -0.15) is 0 Å². The van der Waals surface area contributed by atoms with Gasteiger partial charge in [0.1, 0.15) is 0 Å². The van der Waals surface area contributed by atoms with Crippen molar-refractivity contribution in [1.29, 1.82) is 0 Å². The Morgan fingerprint density at radius 2 is 1.88 bits per heavy atom. The van der Waals surface area contributed by atoms with Crippen molar-refractivity contribution in [2.75, 3.05) is 6.61 Å². The van der Waals surface area contributed by atoms with E-state index >= 15 is 0 Å². The first-order chi connectivity index (χ1) is 11.8. The van der Waals surface area contributed by atoms with Crippen LogP contribution in [0.15, 0.2) is 48.8 Å². The fraction of sp³-hybridized carbons (Fsp3) is 0.316. The summed E-state index contributed by atoms with van der Waals surface area (Å²) in [6, 6.07) is 12.1.